The summed E-state index contributed by atoms with van der Waals surface area (Å²) in [6.07, 6.45) is 1.64. The minimum Gasteiger partial charge on any atom is -0.486 e. The van der Waals surface area contributed by atoms with Gasteiger partial charge in [0.2, 0.25) is 0 Å². The lowest BCUT2D eigenvalue weighted by Crippen LogP contribution is -2.34. The van der Waals surface area contributed by atoms with E-state index in [1.54, 1.807) is 18.2 Å². The Morgan fingerprint density at radius 1 is 1.37 bits per heavy atom. The van der Waals surface area contributed by atoms with Crippen LogP contribution < -0.4 is 14.8 Å². The number of hydrogen-bond acceptors (Lipinski definition) is 3. The van der Waals surface area contributed by atoms with E-state index in [1.807, 2.05) is 6.92 Å². The van der Waals surface area contributed by atoms with Crippen molar-refractivity contribution in [1.82, 2.24) is 5.32 Å². The van der Waals surface area contributed by atoms with Crippen LogP contribution in [0.5, 0.6) is 11.5 Å². The monoisotopic (exact) mass is 283 g/mol. The molecule has 1 heterocycles. The van der Waals surface area contributed by atoms with Crippen LogP contribution in [0.3, 0.4) is 0 Å². The van der Waals surface area contributed by atoms with E-state index in [4.69, 9.17) is 21.1 Å². The Morgan fingerprint density at radius 2 is 2.11 bits per heavy atom. The van der Waals surface area contributed by atoms with Crippen molar-refractivity contribution in [3.05, 3.63) is 23.8 Å². The standard InChI is InChI=1S/C14H18ClNO3/c1-2-11(5-6-15)16-14(17)10-3-4-12-13(9-10)19-8-7-18-12/h3-4,9,11H,2,5-8H2,1H3,(H,16,17). The molecule has 1 N–H and O–H groups in total. The zero-order valence-electron chi connectivity index (χ0n) is 10.9. The fraction of sp³-hybridized carbons (Fsp3) is 0.500. The van der Waals surface area contributed by atoms with Crippen LogP contribution >= 0.6 is 11.6 Å². The molecule has 1 aromatic carbocycles. The molecule has 0 radical (unpaired) electrons. The molecule has 0 saturated heterocycles. The molecule has 0 bridgehead atoms. The Bertz CT molecular complexity index is 450. The fourth-order valence-corrected chi connectivity index (χ4v) is 2.23. The number of hydrogen-bond donors (Lipinski definition) is 1. The summed E-state index contributed by atoms with van der Waals surface area (Å²) >= 11 is 5.71. The number of nitrogens with one attached hydrogen (secondary N) is 1. The molecule has 5 heteroatoms. The summed E-state index contributed by atoms with van der Waals surface area (Å²) in [5.74, 6) is 1.76. The van der Waals surface area contributed by atoms with Gasteiger partial charge in [-0.15, -0.1) is 11.6 Å². The van der Waals surface area contributed by atoms with Gasteiger partial charge in [-0.1, -0.05) is 6.92 Å². The van der Waals surface area contributed by atoms with E-state index < -0.39 is 0 Å². The van der Waals surface area contributed by atoms with E-state index in [0.29, 0.717) is 36.2 Å². The average Bonchev–Trinajstić information content (AvgIpc) is 2.46. The van der Waals surface area contributed by atoms with Crippen LogP contribution in [0.4, 0.5) is 0 Å². The van der Waals surface area contributed by atoms with Crippen molar-refractivity contribution < 1.29 is 14.3 Å². The van der Waals surface area contributed by atoms with Gasteiger partial charge in [0.25, 0.3) is 5.91 Å². The second kappa shape index (κ2) is 6.66. The first-order valence-electron chi connectivity index (χ1n) is 6.51. The summed E-state index contributed by atoms with van der Waals surface area (Å²) in [6, 6.07) is 5.34. The van der Waals surface area contributed by atoms with Crippen LogP contribution in [0.25, 0.3) is 0 Å². The molecule has 0 saturated carbocycles. The maximum absolute atomic E-state index is 12.1. The van der Waals surface area contributed by atoms with Crippen LogP contribution in [0.2, 0.25) is 0 Å². The minimum atomic E-state index is -0.103. The molecule has 0 aliphatic carbocycles. The van der Waals surface area contributed by atoms with E-state index in [-0.39, 0.29) is 11.9 Å². The molecule has 0 fully saturated rings. The highest BCUT2D eigenvalue weighted by molar-refractivity contribution is 6.17. The molecule has 1 aliphatic heterocycles. The Labute approximate surface area is 118 Å². The van der Waals surface area contributed by atoms with Crippen molar-refractivity contribution in [3.63, 3.8) is 0 Å². The lowest BCUT2D eigenvalue weighted by molar-refractivity contribution is 0.0934. The molecular weight excluding hydrogens is 266 g/mol. The van der Waals surface area contributed by atoms with Crippen molar-refractivity contribution in [2.24, 2.45) is 0 Å². The van der Waals surface area contributed by atoms with Gasteiger partial charge in [0, 0.05) is 17.5 Å². The largest absolute Gasteiger partial charge is 0.486 e. The summed E-state index contributed by atoms with van der Waals surface area (Å²) in [5, 5.41) is 2.97. The molecule has 0 aromatic heterocycles. The maximum atomic E-state index is 12.1. The number of benzene rings is 1. The molecular formula is C14H18ClNO3. The Kier molecular flexibility index (Phi) is 4.91. The third-order valence-electron chi connectivity index (χ3n) is 3.09. The van der Waals surface area contributed by atoms with Crippen LogP contribution in [-0.2, 0) is 0 Å². The molecule has 1 aromatic rings. The predicted octanol–water partition coefficient (Wildman–Crippen LogP) is 2.60. The number of rotatable bonds is 5. The second-order valence-electron chi connectivity index (χ2n) is 4.41. The second-order valence-corrected chi connectivity index (χ2v) is 4.79. The number of halogens is 1. The molecule has 1 atom stereocenters. The van der Waals surface area contributed by atoms with Crippen LogP contribution in [0, 0.1) is 0 Å². The number of alkyl halides is 1. The zero-order chi connectivity index (χ0) is 13.7. The molecule has 0 spiro atoms. The summed E-state index contributed by atoms with van der Waals surface area (Å²) in [6.45, 7) is 3.09. The third kappa shape index (κ3) is 3.53. The topological polar surface area (TPSA) is 47.6 Å². The van der Waals surface area contributed by atoms with E-state index in [9.17, 15) is 4.79 Å². The highest BCUT2D eigenvalue weighted by Gasteiger charge is 2.16. The number of carbonyl (C=O) groups excluding carboxylic acids is 1. The van der Waals surface area contributed by atoms with E-state index in [2.05, 4.69) is 5.32 Å². The van der Waals surface area contributed by atoms with Crippen molar-refractivity contribution in [2.75, 3.05) is 19.1 Å². The van der Waals surface area contributed by atoms with Crippen molar-refractivity contribution in [3.8, 4) is 11.5 Å². The van der Waals surface area contributed by atoms with E-state index in [1.165, 1.54) is 0 Å². The first kappa shape index (κ1) is 14.0. The minimum absolute atomic E-state index is 0.103. The van der Waals surface area contributed by atoms with Gasteiger partial charge in [-0.05, 0) is 31.0 Å². The third-order valence-corrected chi connectivity index (χ3v) is 3.31. The Hall–Kier alpha value is -1.42. The first-order valence-corrected chi connectivity index (χ1v) is 7.04. The summed E-state index contributed by atoms with van der Waals surface area (Å²) in [5.41, 5.74) is 0.581. The molecule has 1 amide bonds. The van der Waals surface area contributed by atoms with Gasteiger partial charge >= 0.3 is 0 Å². The van der Waals surface area contributed by atoms with Gasteiger partial charge in [-0.3, -0.25) is 4.79 Å². The van der Waals surface area contributed by atoms with Crippen molar-refractivity contribution in [2.45, 2.75) is 25.8 Å². The van der Waals surface area contributed by atoms with Crippen molar-refractivity contribution >= 4 is 17.5 Å². The molecule has 1 unspecified atom stereocenters. The molecule has 2 rings (SSSR count). The summed E-state index contributed by atoms with van der Waals surface area (Å²) in [7, 11) is 0. The highest BCUT2D eigenvalue weighted by atomic mass is 35.5. The van der Waals surface area contributed by atoms with Crippen LogP contribution in [0.15, 0.2) is 18.2 Å². The molecule has 1 aliphatic rings. The number of ether oxygens (including phenoxy) is 2. The molecule has 104 valence electrons. The van der Waals surface area contributed by atoms with Gasteiger partial charge in [0.15, 0.2) is 11.5 Å². The van der Waals surface area contributed by atoms with Gasteiger partial charge < -0.3 is 14.8 Å². The van der Waals surface area contributed by atoms with E-state index >= 15 is 0 Å². The smallest absolute Gasteiger partial charge is 0.251 e. The quantitative estimate of drug-likeness (QED) is 0.845. The van der Waals surface area contributed by atoms with Gasteiger partial charge in [0.1, 0.15) is 13.2 Å². The van der Waals surface area contributed by atoms with Gasteiger partial charge in [0.05, 0.1) is 0 Å². The summed E-state index contributed by atoms with van der Waals surface area (Å²) < 4.78 is 10.9. The average molecular weight is 284 g/mol. The Balaban J connectivity index is 2.06. The number of fused-ring (bicyclic) bond motifs is 1. The SMILES string of the molecule is CCC(CCCl)NC(=O)c1ccc2c(c1)OCCO2. The Morgan fingerprint density at radius 3 is 2.79 bits per heavy atom. The lowest BCUT2D eigenvalue weighted by atomic mass is 10.1. The lowest BCUT2D eigenvalue weighted by Gasteiger charge is -2.20. The van der Waals surface area contributed by atoms with Gasteiger partial charge in [-0.25, -0.2) is 0 Å². The number of carbonyl (C=O) groups is 1. The summed E-state index contributed by atoms with van der Waals surface area (Å²) in [4.78, 5) is 12.1. The first-order chi connectivity index (χ1) is 9.24. The molecule has 4 nitrogen and oxygen atoms in total. The number of amides is 1. The van der Waals surface area contributed by atoms with Gasteiger partial charge in [-0.2, -0.15) is 0 Å². The van der Waals surface area contributed by atoms with Crippen LogP contribution in [-0.4, -0.2) is 31.0 Å². The van der Waals surface area contributed by atoms with Crippen LogP contribution in [0.1, 0.15) is 30.1 Å². The molecule has 19 heavy (non-hydrogen) atoms. The van der Waals surface area contributed by atoms with E-state index in [0.717, 1.165) is 12.8 Å². The highest BCUT2D eigenvalue weighted by Crippen LogP contribution is 2.30. The predicted molar refractivity (Wildman–Crippen MR) is 74.3 cm³/mol. The van der Waals surface area contributed by atoms with Crippen molar-refractivity contribution in [1.29, 1.82) is 0 Å². The normalized spacial score (nSPS) is 14.8. The maximum Gasteiger partial charge on any atom is 0.251 e. The fourth-order valence-electron chi connectivity index (χ4n) is 1.96. The zero-order valence-corrected chi connectivity index (χ0v) is 11.7.